The van der Waals surface area contributed by atoms with Gasteiger partial charge in [0.1, 0.15) is 0 Å². The van der Waals surface area contributed by atoms with Crippen LogP contribution in [0.5, 0.6) is 0 Å². The zero-order chi connectivity index (χ0) is 12.2. The molecule has 0 unspecified atom stereocenters. The lowest BCUT2D eigenvalue weighted by Crippen LogP contribution is -2.23. The molecule has 0 rings (SSSR count). The van der Waals surface area contributed by atoms with Gasteiger partial charge in [-0.25, -0.2) is 0 Å². The Balaban J connectivity index is 4.22. The Morgan fingerprint density at radius 1 is 0.875 bits per heavy atom. The fourth-order valence-electron chi connectivity index (χ4n) is 1.00. The highest BCUT2D eigenvalue weighted by atomic mass is 16.7. The molecule has 92 valence electrons. The molecular formula is C11H21BO4. The predicted molar refractivity (Wildman–Crippen MR) is 63.8 cm³/mol. The van der Waals surface area contributed by atoms with E-state index in [4.69, 9.17) is 18.8 Å². The molecule has 0 N–H and O–H groups in total. The van der Waals surface area contributed by atoms with Crippen molar-refractivity contribution in [3.63, 3.8) is 0 Å². The molecule has 0 fully saturated rings. The standard InChI is InChI=1S/C11H21BO4/c1-5-13-11(14-6-2)9-10-12(15-7-3)16-8-4/h11H,5-8H2,1-4H3. The van der Waals surface area contributed by atoms with Crippen LogP contribution in [0.3, 0.4) is 0 Å². The molecule has 0 aromatic carbocycles. The van der Waals surface area contributed by atoms with Crippen LogP contribution in [0.2, 0.25) is 0 Å². The maximum atomic E-state index is 5.28. The summed E-state index contributed by atoms with van der Waals surface area (Å²) in [7, 11) is -0.501. The first-order chi connectivity index (χ1) is 7.78. The zero-order valence-corrected chi connectivity index (χ0v) is 10.6. The van der Waals surface area contributed by atoms with Crippen molar-refractivity contribution in [2.75, 3.05) is 26.4 Å². The predicted octanol–water partition coefficient (Wildman–Crippen LogP) is 1.49. The van der Waals surface area contributed by atoms with Crippen LogP contribution in [0.1, 0.15) is 27.7 Å². The van der Waals surface area contributed by atoms with Gasteiger partial charge in [-0.15, -0.1) is 0 Å². The highest BCUT2D eigenvalue weighted by Crippen LogP contribution is 1.94. The van der Waals surface area contributed by atoms with E-state index in [1.54, 1.807) is 0 Å². The number of rotatable bonds is 8. The van der Waals surface area contributed by atoms with Crippen molar-refractivity contribution < 1.29 is 18.8 Å². The van der Waals surface area contributed by atoms with Gasteiger partial charge in [0, 0.05) is 26.4 Å². The van der Waals surface area contributed by atoms with Crippen molar-refractivity contribution in [3.05, 3.63) is 0 Å². The maximum absolute atomic E-state index is 5.28. The second kappa shape index (κ2) is 11.0. The van der Waals surface area contributed by atoms with Gasteiger partial charge in [-0.2, -0.15) is 0 Å². The Hall–Kier alpha value is -0.535. The Morgan fingerprint density at radius 2 is 1.38 bits per heavy atom. The van der Waals surface area contributed by atoms with Gasteiger partial charge in [0.2, 0.25) is 6.29 Å². The summed E-state index contributed by atoms with van der Waals surface area (Å²) in [6, 6.07) is 0. The maximum Gasteiger partial charge on any atom is 0.550 e. The van der Waals surface area contributed by atoms with Crippen LogP contribution in [-0.4, -0.2) is 39.8 Å². The van der Waals surface area contributed by atoms with E-state index in [-0.39, 0.29) is 0 Å². The summed E-state index contributed by atoms with van der Waals surface area (Å²) in [5.74, 6) is 5.69. The molecule has 0 atom stereocenters. The summed E-state index contributed by atoms with van der Waals surface area (Å²) >= 11 is 0. The topological polar surface area (TPSA) is 36.9 Å². The molecule has 0 amide bonds. The second-order valence-electron chi connectivity index (χ2n) is 2.77. The molecule has 5 heteroatoms. The smallest absolute Gasteiger partial charge is 0.401 e. The molecule has 0 bridgehead atoms. The second-order valence-corrected chi connectivity index (χ2v) is 2.77. The van der Waals surface area contributed by atoms with Gasteiger partial charge in [-0.3, -0.25) is 0 Å². The Labute approximate surface area is 98.7 Å². The lowest BCUT2D eigenvalue weighted by molar-refractivity contribution is -0.0970. The minimum atomic E-state index is -0.501. The van der Waals surface area contributed by atoms with E-state index in [0.717, 1.165) is 0 Å². The van der Waals surface area contributed by atoms with Crippen molar-refractivity contribution in [2.45, 2.75) is 34.0 Å². The van der Waals surface area contributed by atoms with Gasteiger partial charge in [0.05, 0.1) is 0 Å². The van der Waals surface area contributed by atoms with Crippen LogP contribution in [-0.2, 0) is 18.8 Å². The van der Waals surface area contributed by atoms with Crippen LogP contribution in [0, 0.1) is 11.7 Å². The SMILES string of the molecule is CCOB(C#CC(OCC)OCC)OCC. The van der Waals surface area contributed by atoms with Crippen molar-refractivity contribution >= 4 is 7.12 Å². The summed E-state index contributed by atoms with van der Waals surface area (Å²) in [6.45, 7) is 9.85. The van der Waals surface area contributed by atoms with Crippen LogP contribution >= 0.6 is 0 Å². The average molecular weight is 228 g/mol. The molecule has 0 saturated carbocycles. The monoisotopic (exact) mass is 228 g/mol. The minimum absolute atomic E-state index is 0.501. The van der Waals surface area contributed by atoms with Crippen molar-refractivity contribution in [2.24, 2.45) is 0 Å². The summed E-state index contributed by atoms with van der Waals surface area (Å²) < 4.78 is 21.1. The van der Waals surface area contributed by atoms with Gasteiger partial charge in [0.15, 0.2) is 0 Å². The Bertz CT molecular complexity index is 180. The van der Waals surface area contributed by atoms with Crippen LogP contribution < -0.4 is 0 Å². The van der Waals surface area contributed by atoms with Crippen LogP contribution in [0.15, 0.2) is 0 Å². The third kappa shape index (κ3) is 7.72. The molecule has 0 spiro atoms. The Kier molecular flexibility index (Phi) is 10.6. The van der Waals surface area contributed by atoms with Gasteiger partial charge in [-0.05, 0) is 33.6 Å². The fraction of sp³-hybridized carbons (Fsp3) is 0.818. The fourth-order valence-corrected chi connectivity index (χ4v) is 1.00. The third-order valence-electron chi connectivity index (χ3n) is 1.59. The molecule has 16 heavy (non-hydrogen) atoms. The first kappa shape index (κ1) is 15.5. The molecule has 0 saturated heterocycles. The van der Waals surface area contributed by atoms with Crippen molar-refractivity contribution in [1.82, 2.24) is 0 Å². The summed E-state index contributed by atoms with van der Waals surface area (Å²) in [4.78, 5) is 0. The highest BCUT2D eigenvalue weighted by molar-refractivity contribution is 6.54. The summed E-state index contributed by atoms with van der Waals surface area (Å²) in [6.07, 6.45) is -0.501. The molecule has 0 aliphatic carbocycles. The van der Waals surface area contributed by atoms with E-state index in [0.29, 0.717) is 26.4 Å². The molecule has 4 nitrogen and oxygen atoms in total. The van der Waals surface area contributed by atoms with E-state index < -0.39 is 13.4 Å². The molecule has 0 aromatic heterocycles. The quantitative estimate of drug-likeness (QED) is 0.358. The minimum Gasteiger partial charge on any atom is -0.401 e. The van der Waals surface area contributed by atoms with Gasteiger partial charge < -0.3 is 18.8 Å². The third-order valence-corrected chi connectivity index (χ3v) is 1.59. The summed E-state index contributed by atoms with van der Waals surface area (Å²) in [5, 5.41) is 0. The molecule has 0 heterocycles. The number of hydrogen-bond acceptors (Lipinski definition) is 4. The lowest BCUT2D eigenvalue weighted by atomic mass is 9.91. The van der Waals surface area contributed by atoms with Crippen LogP contribution in [0.25, 0.3) is 0 Å². The van der Waals surface area contributed by atoms with Crippen molar-refractivity contribution in [3.8, 4) is 11.7 Å². The molecular weight excluding hydrogens is 207 g/mol. The largest absolute Gasteiger partial charge is 0.550 e. The van der Waals surface area contributed by atoms with E-state index in [1.807, 2.05) is 27.7 Å². The highest BCUT2D eigenvalue weighted by Gasteiger charge is 2.14. The van der Waals surface area contributed by atoms with E-state index in [2.05, 4.69) is 11.7 Å². The lowest BCUT2D eigenvalue weighted by Gasteiger charge is -2.10. The normalized spacial score (nSPS) is 10.1. The molecule has 0 aromatic rings. The molecule has 0 aliphatic heterocycles. The van der Waals surface area contributed by atoms with E-state index >= 15 is 0 Å². The van der Waals surface area contributed by atoms with E-state index in [1.165, 1.54) is 0 Å². The number of hydrogen-bond donors (Lipinski definition) is 0. The Morgan fingerprint density at radius 3 is 1.75 bits per heavy atom. The van der Waals surface area contributed by atoms with Gasteiger partial charge in [-0.1, -0.05) is 5.82 Å². The van der Waals surface area contributed by atoms with Gasteiger partial charge in [0.25, 0.3) is 0 Å². The molecule has 0 aliphatic rings. The van der Waals surface area contributed by atoms with Crippen molar-refractivity contribution in [1.29, 1.82) is 0 Å². The van der Waals surface area contributed by atoms with E-state index in [9.17, 15) is 0 Å². The first-order valence-electron chi connectivity index (χ1n) is 5.75. The first-order valence-corrected chi connectivity index (χ1v) is 5.75. The molecule has 0 radical (unpaired) electrons. The van der Waals surface area contributed by atoms with Crippen LogP contribution in [0.4, 0.5) is 0 Å². The average Bonchev–Trinajstić information content (AvgIpc) is 2.27. The zero-order valence-electron chi connectivity index (χ0n) is 10.6. The number of ether oxygens (including phenoxy) is 2. The summed E-state index contributed by atoms with van der Waals surface area (Å²) in [5.41, 5.74) is 0. The van der Waals surface area contributed by atoms with Gasteiger partial charge >= 0.3 is 7.12 Å².